The second-order valence-corrected chi connectivity index (χ2v) is 7.81. The van der Waals surface area contributed by atoms with E-state index in [1.165, 1.54) is 10.4 Å². The number of sulfonamides is 1. The van der Waals surface area contributed by atoms with Crippen LogP contribution in [0.25, 0.3) is 0 Å². The average molecular weight is 389 g/mol. The number of amides is 2. The molecule has 1 aromatic carbocycles. The van der Waals surface area contributed by atoms with Gasteiger partial charge in [0.05, 0.1) is 10.9 Å². The maximum atomic E-state index is 12.7. The van der Waals surface area contributed by atoms with Gasteiger partial charge in [0.25, 0.3) is 5.91 Å². The normalized spacial score (nSPS) is 23.1. The topological polar surface area (TPSA) is 84.0 Å². The third-order valence-electron chi connectivity index (χ3n) is 3.73. The van der Waals surface area contributed by atoms with Crippen molar-refractivity contribution in [3.8, 4) is 0 Å². The molecule has 0 bridgehead atoms. The summed E-state index contributed by atoms with van der Waals surface area (Å²) >= 11 is 3.24. The van der Waals surface area contributed by atoms with E-state index >= 15 is 0 Å². The second-order valence-electron chi connectivity index (χ2n) is 5.05. The Hall–Kier alpha value is -1.45. The molecule has 0 spiro atoms. The van der Waals surface area contributed by atoms with Gasteiger partial charge in [-0.2, -0.15) is 4.31 Å². The Labute approximate surface area is 136 Å². The van der Waals surface area contributed by atoms with Crippen LogP contribution in [0.15, 0.2) is 33.6 Å². The minimum Gasteiger partial charge on any atom is -0.439 e. The zero-order valence-corrected chi connectivity index (χ0v) is 13.8. The molecule has 7 nitrogen and oxygen atoms in total. The first-order chi connectivity index (χ1) is 10.4. The smallest absolute Gasteiger partial charge is 0.417 e. The quantitative estimate of drug-likeness (QED) is 0.776. The van der Waals surface area contributed by atoms with Crippen LogP contribution in [0, 0.1) is 0 Å². The van der Waals surface area contributed by atoms with Gasteiger partial charge in [0, 0.05) is 17.6 Å². The van der Waals surface area contributed by atoms with E-state index in [1.807, 2.05) is 0 Å². The zero-order valence-electron chi connectivity index (χ0n) is 11.4. The third-order valence-corrected chi connectivity index (χ3v) is 6.61. The fourth-order valence-electron chi connectivity index (χ4n) is 2.65. The van der Waals surface area contributed by atoms with Crippen LogP contribution in [0.4, 0.5) is 4.79 Å². The molecule has 2 aliphatic heterocycles. The molecule has 0 unspecified atom stereocenters. The highest BCUT2D eigenvalue weighted by Gasteiger charge is 2.43. The molecule has 9 heteroatoms. The van der Waals surface area contributed by atoms with Crippen molar-refractivity contribution in [2.75, 3.05) is 19.7 Å². The molecule has 0 aromatic heterocycles. The first-order valence-corrected chi connectivity index (χ1v) is 8.88. The van der Waals surface area contributed by atoms with Gasteiger partial charge >= 0.3 is 6.09 Å². The van der Waals surface area contributed by atoms with Gasteiger partial charge in [-0.15, -0.1) is 0 Å². The van der Waals surface area contributed by atoms with Crippen molar-refractivity contribution in [3.63, 3.8) is 0 Å². The molecule has 0 saturated carbocycles. The number of hydrogen-bond acceptors (Lipinski definition) is 5. The highest BCUT2D eigenvalue weighted by atomic mass is 79.9. The summed E-state index contributed by atoms with van der Waals surface area (Å²) in [5, 5.41) is 0. The second kappa shape index (κ2) is 5.64. The largest absolute Gasteiger partial charge is 0.439 e. The molecule has 2 fully saturated rings. The Morgan fingerprint density at radius 1 is 1.23 bits per heavy atom. The van der Waals surface area contributed by atoms with Gasteiger partial charge in [-0.05, 0) is 34.5 Å². The minimum atomic E-state index is -3.67. The number of benzene rings is 1. The van der Waals surface area contributed by atoms with Gasteiger partial charge in [0.2, 0.25) is 10.0 Å². The Balaban J connectivity index is 1.82. The number of imide groups is 1. The Bertz CT molecular complexity index is 720. The van der Waals surface area contributed by atoms with Crippen molar-refractivity contribution < 1.29 is 22.7 Å². The summed E-state index contributed by atoms with van der Waals surface area (Å²) < 4.78 is 31.8. The van der Waals surface area contributed by atoms with Gasteiger partial charge in [-0.1, -0.05) is 12.1 Å². The van der Waals surface area contributed by atoms with Crippen molar-refractivity contribution in [2.24, 2.45) is 0 Å². The molecule has 22 heavy (non-hydrogen) atoms. The molecule has 1 atom stereocenters. The van der Waals surface area contributed by atoms with Gasteiger partial charge in [-0.3, -0.25) is 4.79 Å². The van der Waals surface area contributed by atoms with E-state index < -0.39 is 28.1 Å². The van der Waals surface area contributed by atoms with Gasteiger partial charge < -0.3 is 4.74 Å². The minimum absolute atomic E-state index is 0.0878. The van der Waals surface area contributed by atoms with Gasteiger partial charge in [0.1, 0.15) is 0 Å². The highest BCUT2D eigenvalue weighted by Crippen LogP contribution is 2.29. The highest BCUT2D eigenvalue weighted by molar-refractivity contribution is 9.10. The molecular weight excluding hydrogens is 376 g/mol. The summed E-state index contributed by atoms with van der Waals surface area (Å²) in [6.07, 6.45) is -0.292. The predicted octanol–water partition coefficient (Wildman–Crippen LogP) is 1.19. The molecule has 0 radical (unpaired) electrons. The standard InChI is InChI=1S/C13H13BrN2O5S/c14-10-3-1-2-4-11(10)22(19,20)15-6-5-9(7-15)16-12(17)8-21-13(16)18/h1-4,9H,5-8H2/t9-/m0/s1. The maximum Gasteiger partial charge on any atom is 0.417 e. The lowest BCUT2D eigenvalue weighted by Gasteiger charge is -2.20. The SMILES string of the molecule is O=C1COC(=O)N1[C@H]1CCN(S(=O)(=O)c2ccccc2Br)C1. The molecule has 2 heterocycles. The number of cyclic esters (lactones) is 1. The molecule has 0 aliphatic carbocycles. The summed E-state index contributed by atoms with van der Waals surface area (Å²) in [4.78, 5) is 24.4. The lowest BCUT2D eigenvalue weighted by atomic mass is 10.2. The van der Waals surface area contributed by atoms with Crippen molar-refractivity contribution >= 4 is 38.0 Å². The lowest BCUT2D eigenvalue weighted by Crippen LogP contribution is -2.42. The van der Waals surface area contributed by atoms with Crippen LogP contribution in [0.1, 0.15) is 6.42 Å². The van der Waals surface area contributed by atoms with Crippen molar-refractivity contribution in [2.45, 2.75) is 17.4 Å². The molecule has 2 amide bonds. The van der Waals surface area contributed by atoms with Crippen LogP contribution in [-0.4, -0.2) is 55.4 Å². The van der Waals surface area contributed by atoms with Crippen molar-refractivity contribution in [1.29, 1.82) is 0 Å². The fraction of sp³-hybridized carbons (Fsp3) is 0.385. The first-order valence-electron chi connectivity index (χ1n) is 6.65. The van der Waals surface area contributed by atoms with E-state index in [0.29, 0.717) is 10.9 Å². The van der Waals surface area contributed by atoms with Crippen molar-refractivity contribution in [1.82, 2.24) is 9.21 Å². The van der Waals surface area contributed by atoms with E-state index in [0.717, 1.165) is 4.90 Å². The summed E-state index contributed by atoms with van der Waals surface area (Å²) in [5.41, 5.74) is 0. The number of rotatable bonds is 3. The molecule has 2 saturated heterocycles. The van der Waals surface area contributed by atoms with Gasteiger partial charge in [-0.25, -0.2) is 18.1 Å². The van der Waals surface area contributed by atoms with E-state index in [2.05, 4.69) is 20.7 Å². The zero-order chi connectivity index (χ0) is 15.9. The molecule has 1 aromatic rings. The Morgan fingerprint density at radius 2 is 1.95 bits per heavy atom. The lowest BCUT2D eigenvalue weighted by molar-refractivity contribution is -0.127. The Morgan fingerprint density at radius 3 is 2.59 bits per heavy atom. The summed E-state index contributed by atoms with van der Waals surface area (Å²) in [6.45, 7) is 0.0716. The number of nitrogens with zero attached hydrogens (tertiary/aromatic N) is 2. The first kappa shape index (κ1) is 15.4. The van der Waals surface area contributed by atoms with Crippen LogP contribution in [0.3, 0.4) is 0 Å². The van der Waals surface area contributed by atoms with E-state index in [1.54, 1.807) is 18.2 Å². The number of ether oxygens (including phenoxy) is 1. The average Bonchev–Trinajstić information content (AvgIpc) is 3.06. The number of carbonyl (C=O) groups is 2. The van der Waals surface area contributed by atoms with E-state index in [-0.39, 0.29) is 24.6 Å². The van der Waals surface area contributed by atoms with Crippen LogP contribution in [0.5, 0.6) is 0 Å². The number of halogens is 1. The van der Waals surface area contributed by atoms with Gasteiger partial charge in [0.15, 0.2) is 6.61 Å². The maximum absolute atomic E-state index is 12.7. The monoisotopic (exact) mass is 388 g/mol. The van der Waals surface area contributed by atoms with Crippen LogP contribution >= 0.6 is 15.9 Å². The molecule has 3 rings (SSSR count). The predicted molar refractivity (Wildman–Crippen MR) is 79.5 cm³/mol. The molecule has 118 valence electrons. The number of hydrogen-bond donors (Lipinski definition) is 0. The van der Waals surface area contributed by atoms with Crippen molar-refractivity contribution in [3.05, 3.63) is 28.7 Å². The van der Waals surface area contributed by atoms with Crippen LogP contribution in [0.2, 0.25) is 0 Å². The Kier molecular flexibility index (Phi) is 3.96. The van der Waals surface area contributed by atoms with Crippen LogP contribution in [-0.2, 0) is 19.6 Å². The summed E-state index contributed by atoms with van der Waals surface area (Å²) in [6, 6.07) is 6.07. The number of carbonyl (C=O) groups excluding carboxylic acids is 2. The molecule has 0 N–H and O–H groups in total. The fourth-order valence-corrected chi connectivity index (χ4v) is 5.11. The third kappa shape index (κ3) is 2.53. The summed E-state index contributed by atoms with van der Waals surface area (Å²) in [7, 11) is -3.67. The molecular formula is C13H13BrN2O5S. The van der Waals surface area contributed by atoms with E-state index in [9.17, 15) is 18.0 Å². The van der Waals surface area contributed by atoms with E-state index in [4.69, 9.17) is 0 Å². The molecule has 2 aliphatic rings. The summed E-state index contributed by atoms with van der Waals surface area (Å²) in [5.74, 6) is -0.421. The van der Waals surface area contributed by atoms with Crippen LogP contribution < -0.4 is 0 Å².